The van der Waals surface area contributed by atoms with Crippen LogP contribution in [0.2, 0.25) is 0 Å². The Bertz CT molecular complexity index is 383. The molecule has 0 saturated carbocycles. The van der Waals surface area contributed by atoms with E-state index in [1.165, 1.54) is 33.8 Å². The Labute approximate surface area is 133 Å². The molecule has 2 nitrogen and oxygen atoms in total. The SMILES string of the molecule is CCCNC(Cc1cc(Br)cs1)C1CSCCN1C. The first-order valence-electron chi connectivity index (χ1n) is 6.95. The highest BCUT2D eigenvalue weighted by molar-refractivity contribution is 9.10. The van der Waals surface area contributed by atoms with E-state index in [2.05, 4.69) is 63.3 Å². The minimum absolute atomic E-state index is 0.572. The molecule has 0 spiro atoms. The van der Waals surface area contributed by atoms with E-state index in [1.54, 1.807) is 0 Å². The third-order valence-corrected chi connectivity index (χ3v) is 6.38. The van der Waals surface area contributed by atoms with Gasteiger partial charge < -0.3 is 10.2 Å². The van der Waals surface area contributed by atoms with Crippen LogP contribution in [0.3, 0.4) is 0 Å². The first kappa shape index (κ1) is 15.8. The third kappa shape index (κ3) is 4.74. The molecule has 0 radical (unpaired) electrons. The zero-order valence-corrected chi connectivity index (χ0v) is 14.9. The molecule has 2 rings (SSSR count). The van der Waals surface area contributed by atoms with Gasteiger partial charge in [-0.25, -0.2) is 0 Å². The normalized spacial score (nSPS) is 22.6. The van der Waals surface area contributed by atoms with Gasteiger partial charge in [0.05, 0.1) is 0 Å². The topological polar surface area (TPSA) is 15.3 Å². The van der Waals surface area contributed by atoms with Crippen LogP contribution in [-0.2, 0) is 6.42 Å². The number of thiophene rings is 1. The van der Waals surface area contributed by atoms with Crippen molar-refractivity contribution in [2.24, 2.45) is 0 Å². The first-order valence-corrected chi connectivity index (χ1v) is 9.77. The third-order valence-electron chi connectivity index (χ3n) is 3.61. The van der Waals surface area contributed by atoms with Crippen molar-refractivity contribution in [1.82, 2.24) is 10.2 Å². The molecule has 19 heavy (non-hydrogen) atoms. The highest BCUT2D eigenvalue weighted by atomic mass is 79.9. The van der Waals surface area contributed by atoms with Crippen molar-refractivity contribution in [2.45, 2.75) is 31.8 Å². The van der Waals surface area contributed by atoms with Crippen LogP contribution in [0.1, 0.15) is 18.2 Å². The van der Waals surface area contributed by atoms with E-state index in [0.29, 0.717) is 12.1 Å². The summed E-state index contributed by atoms with van der Waals surface area (Å²) in [5, 5.41) is 5.95. The summed E-state index contributed by atoms with van der Waals surface area (Å²) in [5.41, 5.74) is 0. The standard InChI is InChI=1S/C14H23BrN2S2/c1-3-4-16-13(8-12-7-11(15)9-19-12)14-10-18-6-5-17(14)2/h7,9,13-14,16H,3-6,8,10H2,1-2H3. The van der Waals surface area contributed by atoms with Gasteiger partial charge in [-0.2, -0.15) is 11.8 Å². The van der Waals surface area contributed by atoms with Crippen LogP contribution < -0.4 is 5.32 Å². The van der Waals surface area contributed by atoms with Gasteiger partial charge in [0.2, 0.25) is 0 Å². The van der Waals surface area contributed by atoms with Gasteiger partial charge >= 0.3 is 0 Å². The van der Waals surface area contributed by atoms with Crippen LogP contribution in [-0.4, -0.2) is 48.6 Å². The molecule has 1 aliphatic rings. The Morgan fingerprint density at radius 3 is 3.05 bits per heavy atom. The summed E-state index contributed by atoms with van der Waals surface area (Å²) < 4.78 is 1.22. The van der Waals surface area contributed by atoms with Gasteiger partial charge in [-0.05, 0) is 48.4 Å². The van der Waals surface area contributed by atoms with E-state index >= 15 is 0 Å². The number of likely N-dealkylation sites (N-methyl/N-ethyl adjacent to an activating group) is 1. The zero-order chi connectivity index (χ0) is 13.7. The molecule has 1 aromatic heterocycles. The molecule has 1 aromatic rings. The molecule has 2 unspecified atom stereocenters. The van der Waals surface area contributed by atoms with Crippen LogP contribution in [0.25, 0.3) is 0 Å². The lowest BCUT2D eigenvalue weighted by atomic mass is 10.0. The predicted molar refractivity (Wildman–Crippen MR) is 91.5 cm³/mol. The number of hydrogen-bond acceptors (Lipinski definition) is 4. The highest BCUT2D eigenvalue weighted by Crippen LogP contribution is 2.24. The average Bonchev–Trinajstić information content (AvgIpc) is 2.81. The molecule has 5 heteroatoms. The molecule has 0 aromatic carbocycles. The van der Waals surface area contributed by atoms with Crippen LogP contribution in [0.5, 0.6) is 0 Å². The first-order chi connectivity index (χ1) is 9.20. The zero-order valence-electron chi connectivity index (χ0n) is 11.7. The van der Waals surface area contributed by atoms with E-state index in [-0.39, 0.29) is 0 Å². The second-order valence-electron chi connectivity index (χ2n) is 5.12. The molecule has 0 amide bonds. The summed E-state index contributed by atoms with van der Waals surface area (Å²) in [4.78, 5) is 4.01. The molecule has 1 saturated heterocycles. The quantitative estimate of drug-likeness (QED) is 0.833. The number of nitrogens with one attached hydrogen (secondary N) is 1. The van der Waals surface area contributed by atoms with Crippen molar-refractivity contribution < 1.29 is 0 Å². The van der Waals surface area contributed by atoms with Crippen molar-refractivity contribution in [3.05, 3.63) is 20.8 Å². The van der Waals surface area contributed by atoms with Gasteiger partial charge in [0.15, 0.2) is 0 Å². The Balaban J connectivity index is 2.01. The lowest BCUT2D eigenvalue weighted by Gasteiger charge is -2.38. The molecule has 1 aliphatic heterocycles. The summed E-state index contributed by atoms with van der Waals surface area (Å²) >= 11 is 7.52. The lowest BCUT2D eigenvalue weighted by molar-refractivity contribution is 0.214. The molecule has 1 fully saturated rings. The van der Waals surface area contributed by atoms with Gasteiger partial charge in [-0.3, -0.25) is 0 Å². The maximum atomic E-state index is 3.76. The summed E-state index contributed by atoms with van der Waals surface area (Å²) in [6, 6.07) is 3.50. The number of hydrogen-bond donors (Lipinski definition) is 1. The summed E-state index contributed by atoms with van der Waals surface area (Å²) in [6.45, 7) is 4.57. The van der Waals surface area contributed by atoms with Gasteiger partial charge in [0.1, 0.15) is 0 Å². The highest BCUT2D eigenvalue weighted by Gasteiger charge is 2.27. The molecule has 2 heterocycles. The number of thioether (sulfide) groups is 1. The van der Waals surface area contributed by atoms with E-state index in [4.69, 9.17) is 0 Å². The van der Waals surface area contributed by atoms with Crippen LogP contribution in [0.15, 0.2) is 15.9 Å². The average molecular weight is 363 g/mol. The molecule has 1 N–H and O–H groups in total. The Kier molecular flexibility index (Phi) is 6.69. The van der Waals surface area contributed by atoms with Crippen molar-refractivity contribution in [2.75, 3.05) is 31.6 Å². The number of rotatable bonds is 6. The minimum Gasteiger partial charge on any atom is -0.312 e. The lowest BCUT2D eigenvalue weighted by Crippen LogP contribution is -2.53. The summed E-state index contributed by atoms with van der Waals surface area (Å²) in [5.74, 6) is 2.53. The van der Waals surface area contributed by atoms with Gasteiger partial charge in [0.25, 0.3) is 0 Å². The Morgan fingerprint density at radius 2 is 2.42 bits per heavy atom. The van der Waals surface area contributed by atoms with Crippen LogP contribution >= 0.6 is 39.0 Å². The molecule has 2 atom stereocenters. The summed E-state index contributed by atoms with van der Waals surface area (Å²) in [6.07, 6.45) is 2.35. The number of nitrogens with zero attached hydrogens (tertiary/aromatic N) is 1. The predicted octanol–water partition coefficient (Wildman–Crippen LogP) is 3.47. The Hall–Kier alpha value is 0.450. The molecular formula is C14H23BrN2S2. The maximum absolute atomic E-state index is 3.76. The van der Waals surface area contributed by atoms with E-state index in [9.17, 15) is 0 Å². The van der Waals surface area contributed by atoms with E-state index < -0.39 is 0 Å². The van der Waals surface area contributed by atoms with Crippen molar-refractivity contribution in [3.8, 4) is 0 Å². The van der Waals surface area contributed by atoms with E-state index in [1.807, 2.05) is 11.3 Å². The minimum atomic E-state index is 0.572. The van der Waals surface area contributed by atoms with Crippen LogP contribution in [0.4, 0.5) is 0 Å². The van der Waals surface area contributed by atoms with Gasteiger partial charge in [0, 0.05) is 44.9 Å². The molecule has 0 bridgehead atoms. The van der Waals surface area contributed by atoms with E-state index in [0.717, 1.165) is 13.0 Å². The maximum Gasteiger partial charge on any atom is 0.0340 e. The molecule has 0 aliphatic carbocycles. The van der Waals surface area contributed by atoms with Crippen molar-refractivity contribution in [3.63, 3.8) is 0 Å². The fraction of sp³-hybridized carbons (Fsp3) is 0.714. The van der Waals surface area contributed by atoms with Crippen molar-refractivity contribution in [1.29, 1.82) is 0 Å². The molecular weight excluding hydrogens is 340 g/mol. The second-order valence-corrected chi connectivity index (χ2v) is 8.18. The smallest absolute Gasteiger partial charge is 0.0340 e. The molecule has 108 valence electrons. The monoisotopic (exact) mass is 362 g/mol. The summed E-state index contributed by atoms with van der Waals surface area (Å²) in [7, 11) is 2.27. The van der Waals surface area contributed by atoms with Gasteiger partial charge in [-0.15, -0.1) is 11.3 Å². The fourth-order valence-electron chi connectivity index (χ4n) is 2.48. The van der Waals surface area contributed by atoms with Crippen molar-refractivity contribution >= 4 is 39.0 Å². The fourth-order valence-corrected chi connectivity index (χ4v) is 5.30. The number of halogens is 1. The largest absolute Gasteiger partial charge is 0.312 e. The Morgan fingerprint density at radius 1 is 1.58 bits per heavy atom. The van der Waals surface area contributed by atoms with Crippen LogP contribution in [0, 0.1) is 0 Å². The van der Waals surface area contributed by atoms with Gasteiger partial charge in [-0.1, -0.05) is 6.92 Å². The second kappa shape index (κ2) is 8.03.